The summed E-state index contributed by atoms with van der Waals surface area (Å²) >= 11 is 0. The lowest BCUT2D eigenvalue weighted by Crippen LogP contribution is -2.53. The third-order valence-electron chi connectivity index (χ3n) is 5.23. The lowest BCUT2D eigenvalue weighted by molar-refractivity contribution is 0.0634. The van der Waals surface area contributed by atoms with Gasteiger partial charge in [0.05, 0.1) is 5.69 Å². The molecule has 0 radical (unpaired) electrons. The zero-order chi connectivity index (χ0) is 18.6. The van der Waals surface area contributed by atoms with E-state index >= 15 is 0 Å². The average molecular weight is 349 g/mol. The Morgan fingerprint density at radius 2 is 2.00 bits per heavy atom. The molecule has 0 saturated carbocycles. The fourth-order valence-electron chi connectivity index (χ4n) is 3.72. The highest BCUT2D eigenvalue weighted by molar-refractivity contribution is 5.25. The van der Waals surface area contributed by atoms with Crippen molar-refractivity contribution >= 4 is 0 Å². The number of aliphatic hydroxyl groups excluding tert-OH is 1. The minimum absolute atomic E-state index is 0.257. The number of aliphatic hydroxyl groups is 1. The first-order chi connectivity index (χ1) is 11.8. The van der Waals surface area contributed by atoms with Crippen molar-refractivity contribution in [1.82, 2.24) is 19.6 Å². The number of aryl methyl sites for hydroxylation is 1. The van der Waals surface area contributed by atoms with Crippen LogP contribution in [0, 0.1) is 13.8 Å². The fraction of sp³-hybridized carbons (Fsp3) is 0.750. The molecule has 1 aliphatic heterocycles. The lowest BCUT2D eigenvalue weighted by atomic mass is 10.1. The van der Waals surface area contributed by atoms with Gasteiger partial charge in [-0.25, -0.2) is 0 Å². The molecule has 5 heteroatoms. The molecule has 5 nitrogen and oxygen atoms in total. The number of allylic oxidation sites excluding steroid dienone is 1. The second-order valence-electron chi connectivity index (χ2n) is 7.87. The number of hydrogen-bond donors (Lipinski definition) is 1. The molecule has 25 heavy (non-hydrogen) atoms. The van der Waals surface area contributed by atoms with Crippen LogP contribution < -0.4 is 0 Å². The number of nitrogens with zero attached hydrogens (tertiary/aromatic N) is 4. The number of hydrogen-bond acceptors (Lipinski definition) is 4. The molecular formula is C20H36N4O. The molecule has 1 atom stereocenters. The van der Waals surface area contributed by atoms with Gasteiger partial charge in [0.2, 0.25) is 0 Å². The Morgan fingerprint density at radius 1 is 1.28 bits per heavy atom. The third kappa shape index (κ3) is 5.16. The molecule has 1 N–H and O–H groups in total. The number of rotatable bonds is 7. The van der Waals surface area contributed by atoms with E-state index in [0.717, 1.165) is 44.8 Å². The van der Waals surface area contributed by atoms with E-state index in [2.05, 4.69) is 62.1 Å². The topological polar surface area (TPSA) is 44.5 Å². The summed E-state index contributed by atoms with van der Waals surface area (Å²) in [4.78, 5) is 5.04. The van der Waals surface area contributed by atoms with E-state index in [-0.39, 0.29) is 6.61 Å². The quantitative estimate of drug-likeness (QED) is 0.770. The van der Waals surface area contributed by atoms with Gasteiger partial charge in [-0.15, -0.1) is 0 Å². The maximum atomic E-state index is 9.47. The van der Waals surface area contributed by atoms with Gasteiger partial charge in [0.25, 0.3) is 0 Å². The fourth-order valence-corrected chi connectivity index (χ4v) is 3.72. The zero-order valence-electron chi connectivity index (χ0n) is 16.9. The molecule has 2 rings (SSSR count). The van der Waals surface area contributed by atoms with Crippen LogP contribution in [-0.2, 0) is 6.54 Å². The smallest absolute Gasteiger partial charge is 0.0641 e. The summed E-state index contributed by atoms with van der Waals surface area (Å²) in [5.41, 5.74) is 5.17. The van der Waals surface area contributed by atoms with Crippen molar-refractivity contribution in [2.45, 2.75) is 66.6 Å². The highest BCUT2D eigenvalue weighted by Crippen LogP contribution is 2.21. The van der Waals surface area contributed by atoms with E-state index in [1.807, 2.05) is 0 Å². The van der Waals surface area contributed by atoms with E-state index < -0.39 is 0 Å². The first-order valence-corrected chi connectivity index (χ1v) is 9.58. The molecule has 142 valence electrons. The molecule has 1 aliphatic rings. The van der Waals surface area contributed by atoms with Gasteiger partial charge >= 0.3 is 0 Å². The third-order valence-corrected chi connectivity index (χ3v) is 5.23. The van der Waals surface area contributed by atoms with E-state index in [1.54, 1.807) is 0 Å². The molecular weight excluding hydrogens is 312 g/mol. The normalized spacial score (nSPS) is 19.6. The van der Waals surface area contributed by atoms with Gasteiger partial charge in [-0.3, -0.25) is 14.5 Å². The predicted octanol–water partition coefficient (Wildman–Crippen LogP) is 2.92. The van der Waals surface area contributed by atoms with Crippen molar-refractivity contribution in [3.8, 4) is 0 Å². The van der Waals surface area contributed by atoms with Crippen LogP contribution in [0.25, 0.3) is 0 Å². The van der Waals surface area contributed by atoms with Crippen molar-refractivity contribution < 1.29 is 5.11 Å². The molecule has 0 unspecified atom stereocenters. The van der Waals surface area contributed by atoms with Crippen LogP contribution in [-0.4, -0.2) is 63.5 Å². The number of aromatic nitrogens is 2. The summed E-state index contributed by atoms with van der Waals surface area (Å²) in [5.74, 6) is 0. The zero-order valence-corrected chi connectivity index (χ0v) is 16.9. The van der Waals surface area contributed by atoms with Crippen LogP contribution in [0.4, 0.5) is 0 Å². The average Bonchev–Trinajstić information content (AvgIpc) is 2.82. The van der Waals surface area contributed by atoms with Crippen LogP contribution in [0.5, 0.6) is 0 Å². The first kappa shape index (κ1) is 20.1. The van der Waals surface area contributed by atoms with Crippen molar-refractivity contribution in [2.75, 3.05) is 32.8 Å². The summed E-state index contributed by atoms with van der Waals surface area (Å²) in [6.45, 7) is 18.3. The molecule has 1 saturated heterocycles. The Bertz CT molecular complexity index is 587. The SMILES string of the molecule is CC(C)=CCN1CCN(Cc2c(C)nn(C(C)C)c2C)C[C@H]1CCO. The van der Waals surface area contributed by atoms with Crippen molar-refractivity contribution in [1.29, 1.82) is 0 Å². The van der Waals surface area contributed by atoms with Crippen LogP contribution >= 0.6 is 0 Å². The highest BCUT2D eigenvalue weighted by atomic mass is 16.3. The van der Waals surface area contributed by atoms with Gasteiger partial charge in [0.15, 0.2) is 0 Å². The van der Waals surface area contributed by atoms with E-state index in [4.69, 9.17) is 5.10 Å². The minimum atomic E-state index is 0.257. The number of piperazine rings is 1. The van der Waals surface area contributed by atoms with E-state index in [1.165, 1.54) is 16.8 Å². The maximum absolute atomic E-state index is 9.47. The van der Waals surface area contributed by atoms with Crippen LogP contribution in [0.1, 0.15) is 57.1 Å². The van der Waals surface area contributed by atoms with Gasteiger partial charge in [-0.05, 0) is 48.0 Å². The summed E-state index contributed by atoms with van der Waals surface area (Å²) in [6, 6.07) is 0.825. The van der Waals surface area contributed by atoms with Crippen LogP contribution in [0.3, 0.4) is 0 Å². The Hall–Kier alpha value is -1.17. The van der Waals surface area contributed by atoms with Gasteiger partial charge in [0, 0.05) is 62.7 Å². The molecule has 0 spiro atoms. The first-order valence-electron chi connectivity index (χ1n) is 9.58. The molecule has 0 bridgehead atoms. The minimum Gasteiger partial charge on any atom is -0.396 e. The molecule has 1 aromatic rings. The van der Waals surface area contributed by atoms with Gasteiger partial charge < -0.3 is 5.11 Å². The molecule has 0 aromatic carbocycles. The van der Waals surface area contributed by atoms with Crippen molar-refractivity contribution in [3.05, 3.63) is 28.6 Å². The second-order valence-corrected chi connectivity index (χ2v) is 7.87. The van der Waals surface area contributed by atoms with Gasteiger partial charge in [0.1, 0.15) is 0 Å². The molecule has 1 aromatic heterocycles. The van der Waals surface area contributed by atoms with E-state index in [0.29, 0.717) is 12.1 Å². The predicted molar refractivity (Wildman–Crippen MR) is 104 cm³/mol. The lowest BCUT2D eigenvalue weighted by Gasteiger charge is -2.41. The molecule has 2 heterocycles. The molecule has 1 fully saturated rings. The summed E-state index contributed by atoms with van der Waals surface area (Å²) in [7, 11) is 0. The monoisotopic (exact) mass is 348 g/mol. The standard InChI is InChI=1S/C20H36N4O/c1-15(2)7-9-23-11-10-22(13-19(23)8-12-25)14-20-17(5)21-24(16(3)4)18(20)6/h7,16,19,25H,8-14H2,1-6H3/t19-/m1/s1. The second kappa shape index (κ2) is 8.97. The Balaban J connectivity index is 2.06. The summed E-state index contributed by atoms with van der Waals surface area (Å²) in [5, 5.41) is 14.2. The maximum Gasteiger partial charge on any atom is 0.0641 e. The summed E-state index contributed by atoms with van der Waals surface area (Å²) < 4.78 is 2.14. The Kier molecular flexibility index (Phi) is 7.23. The van der Waals surface area contributed by atoms with Crippen molar-refractivity contribution in [2.24, 2.45) is 0 Å². The summed E-state index contributed by atoms with van der Waals surface area (Å²) in [6.07, 6.45) is 3.14. The highest BCUT2D eigenvalue weighted by Gasteiger charge is 2.27. The van der Waals surface area contributed by atoms with Gasteiger partial charge in [-0.1, -0.05) is 11.6 Å². The Labute approximate surface area is 153 Å². The molecule has 0 amide bonds. The van der Waals surface area contributed by atoms with Crippen LogP contribution in [0.2, 0.25) is 0 Å². The largest absolute Gasteiger partial charge is 0.396 e. The van der Waals surface area contributed by atoms with Crippen LogP contribution in [0.15, 0.2) is 11.6 Å². The Morgan fingerprint density at radius 3 is 2.56 bits per heavy atom. The van der Waals surface area contributed by atoms with Gasteiger partial charge in [-0.2, -0.15) is 5.10 Å². The van der Waals surface area contributed by atoms with E-state index in [9.17, 15) is 5.11 Å². The van der Waals surface area contributed by atoms with Crippen molar-refractivity contribution in [3.63, 3.8) is 0 Å². The molecule has 0 aliphatic carbocycles.